The number of alkyl halides is 3. The van der Waals surface area contributed by atoms with Crippen LogP contribution in [0.15, 0.2) is 12.4 Å². The third kappa shape index (κ3) is 6.46. The monoisotopic (exact) mass is 364 g/mol. The Kier molecular flexibility index (Phi) is 7.56. The Balaban J connectivity index is 0.000000257. The van der Waals surface area contributed by atoms with E-state index in [1.54, 1.807) is 4.90 Å². The molecule has 1 aromatic rings. The molecule has 1 aliphatic heterocycles. The summed E-state index contributed by atoms with van der Waals surface area (Å²) in [4.78, 5) is 19.6. The van der Waals surface area contributed by atoms with E-state index in [-0.39, 0.29) is 24.2 Å². The number of amides is 1. The fourth-order valence-electron chi connectivity index (χ4n) is 2.12. The predicted octanol–water partition coefficient (Wildman–Crippen LogP) is 1.06. The highest BCUT2D eigenvalue weighted by Crippen LogP contribution is 2.26. The Hall–Kier alpha value is -1.94. The van der Waals surface area contributed by atoms with E-state index in [9.17, 15) is 28.2 Å². The van der Waals surface area contributed by atoms with Crippen molar-refractivity contribution in [3.05, 3.63) is 18.1 Å². The van der Waals surface area contributed by atoms with Crippen LogP contribution in [-0.4, -0.2) is 56.3 Å². The zero-order chi connectivity index (χ0) is 19.2. The number of likely N-dealkylation sites (tertiary alicyclic amines) is 1. The quantitative estimate of drug-likeness (QED) is 0.723. The molecule has 1 saturated heterocycles. The number of aliphatic hydroxyl groups excluding tert-OH is 2. The van der Waals surface area contributed by atoms with Gasteiger partial charge in [-0.1, -0.05) is 13.8 Å². The molecule has 1 fully saturated rings. The van der Waals surface area contributed by atoms with E-state index in [4.69, 9.17) is 5.73 Å². The second kappa shape index (κ2) is 8.95. The molecule has 2 heterocycles. The molecule has 142 valence electrons. The fraction of sp³-hybridized carbons (Fsp3) is 0.667. The second-order valence-corrected chi connectivity index (χ2v) is 5.84. The highest BCUT2D eigenvalue weighted by atomic mass is 19.4. The lowest BCUT2D eigenvalue weighted by molar-refractivity contribution is -0.142. The summed E-state index contributed by atoms with van der Waals surface area (Å²) in [5.41, 5.74) is 3.91. The number of anilines is 1. The first kappa shape index (κ1) is 21.1. The van der Waals surface area contributed by atoms with Gasteiger partial charge in [-0.2, -0.15) is 13.2 Å². The van der Waals surface area contributed by atoms with Crippen LogP contribution in [-0.2, 0) is 11.0 Å². The van der Waals surface area contributed by atoms with Crippen LogP contribution >= 0.6 is 0 Å². The normalized spacial score (nSPS) is 22.0. The smallest absolute Gasteiger partial charge is 0.390 e. The number of hydrogen-bond acceptors (Lipinski definition) is 6. The zero-order valence-electron chi connectivity index (χ0n) is 14.1. The van der Waals surface area contributed by atoms with Gasteiger partial charge in [0, 0.05) is 19.0 Å². The molecule has 0 aliphatic carbocycles. The summed E-state index contributed by atoms with van der Waals surface area (Å²) in [5, 5.41) is 18.7. The third-order valence-corrected chi connectivity index (χ3v) is 3.84. The van der Waals surface area contributed by atoms with E-state index in [1.807, 2.05) is 13.8 Å². The number of aliphatic hydroxyl groups is 2. The number of hydrogen-bond donors (Lipinski definition) is 3. The minimum Gasteiger partial charge on any atom is -0.390 e. The first-order valence-electron chi connectivity index (χ1n) is 7.85. The number of nitrogens with two attached hydrogens (primary N) is 1. The Morgan fingerprint density at radius 3 is 2.48 bits per heavy atom. The molecule has 25 heavy (non-hydrogen) atoms. The van der Waals surface area contributed by atoms with Crippen molar-refractivity contribution in [3.8, 4) is 0 Å². The molecule has 0 saturated carbocycles. The number of rotatable bonds is 2. The molecular formula is C15H23F3N4O3. The molecule has 1 aromatic heterocycles. The van der Waals surface area contributed by atoms with E-state index in [2.05, 4.69) is 9.97 Å². The van der Waals surface area contributed by atoms with Crippen LogP contribution in [0.25, 0.3) is 0 Å². The first-order valence-corrected chi connectivity index (χ1v) is 7.85. The van der Waals surface area contributed by atoms with Gasteiger partial charge in [-0.25, -0.2) is 4.98 Å². The van der Waals surface area contributed by atoms with Gasteiger partial charge in [0.1, 0.15) is 5.82 Å². The van der Waals surface area contributed by atoms with Crippen LogP contribution in [0, 0.1) is 5.92 Å². The molecule has 10 heteroatoms. The molecule has 4 N–H and O–H groups in total. The highest BCUT2D eigenvalue weighted by Gasteiger charge is 2.33. The lowest BCUT2D eigenvalue weighted by Gasteiger charge is -2.34. The van der Waals surface area contributed by atoms with E-state index in [0.717, 1.165) is 12.6 Å². The van der Waals surface area contributed by atoms with Gasteiger partial charge >= 0.3 is 6.18 Å². The van der Waals surface area contributed by atoms with Crippen molar-refractivity contribution in [2.75, 3.05) is 18.8 Å². The number of nitrogens with zero attached hydrogens (tertiary/aromatic N) is 3. The van der Waals surface area contributed by atoms with E-state index in [1.165, 1.54) is 0 Å². The van der Waals surface area contributed by atoms with E-state index >= 15 is 0 Å². The molecule has 0 radical (unpaired) electrons. The summed E-state index contributed by atoms with van der Waals surface area (Å²) >= 11 is 0. The van der Waals surface area contributed by atoms with E-state index in [0.29, 0.717) is 19.2 Å². The van der Waals surface area contributed by atoms with Crippen LogP contribution < -0.4 is 5.73 Å². The van der Waals surface area contributed by atoms with Crippen LogP contribution in [0.5, 0.6) is 0 Å². The Labute approximate surface area is 143 Å². The van der Waals surface area contributed by atoms with Gasteiger partial charge in [-0.05, 0) is 12.8 Å². The van der Waals surface area contributed by atoms with Crippen LogP contribution in [0.1, 0.15) is 32.4 Å². The maximum Gasteiger partial charge on any atom is 0.434 e. The standard InChI is InChI=1S/C10H19NO3.C5H4F3N3/c1-3-7(2)10(14)11-5-4-8(12)9(13)6-11;6-5(7,8)3-1-10-2-4(9)11-3/h7-9,12-13H,3-6H2,1-2H3;1-2H,(H2,9,11). The molecule has 0 spiro atoms. The SMILES string of the molecule is CCC(C)C(=O)N1CCC(O)C(O)C1.Nc1cncc(C(F)(F)F)n1. The number of halogens is 3. The van der Waals surface area contributed by atoms with Crippen LogP contribution in [0.2, 0.25) is 0 Å². The third-order valence-electron chi connectivity index (χ3n) is 3.84. The summed E-state index contributed by atoms with van der Waals surface area (Å²) in [5.74, 6) is -0.143. The maximum atomic E-state index is 11.8. The van der Waals surface area contributed by atoms with Gasteiger partial charge in [0.25, 0.3) is 0 Å². The van der Waals surface area contributed by atoms with Gasteiger partial charge in [-0.3, -0.25) is 9.78 Å². The molecule has 3 unspecified atom stereocenters. The highest BCUT2D eigenvalue weighted by molar-refractivity contribution is 5.78. The number of carbonyl (C=O) groups is 1. The van der Waals surface area contributed by atoms with Crippen molar-refractivity contribution in [2.45, 2.75) is 45.1 Å². The number of aromatic nitrogens is 2. The Morgan fingerprint density at radius 2 is 2.04 bits per heavy atom. The van der Waals surface area contributed by atoms with Crippen molar-refractivity contribution in [3.63, 3.8) is 0 Å². The summed E-state index contributed by atoms with van der Waals surface area (Å²) in [6.45, 7) is 4.68. The van der Waals surface area contributed by atoms with Crippen LogP contribution in [0.3, 0.4) is 0 Å². The summed E-state index contributed by atoms with van der Waals surface area (Å²) < 4.78 is 35.4. The molecule has 0 aromatic carbocycles. The lowest BCUT2D eigenvalue weighted by Crippen LogP contribution is -2.50. The number of nitrogen functional groups attached to an aromatic ring is 1. The molecule has 1 aliphatic rings. The fourth-order valence-corrected chi connectivity index (χ4v) is 2.12. The molecule has 3 atom stereocenters. The number of carbonyl (C=O) groups excluding carboxylic acids is 1. The average Bonchev–Trinajstić information content (AvgIpc) is 2.56. The van der Waals surface area contributed by atoms with Crippen molar-refractivity contribution in [1.29, 1.82) is 0 Å². The second-order valence-electron chi connectivity index (χ2n) is 5.84. The lowest BCUT2D eigenvalue weighted by atomic mass is 10.0. The van der Waals surface area contributed by atoms with Crippen molar-refractivity contribution in [1.82, 2.24) is 14.9 Å². The van der Waals surface area contributed by atoms with Gasteiger partial charge in [0.2, 0.25) is 5.91 Å². The van der Waals surface area contributed by atoms with Crippen molar-refractivity contribution < 1.29 is 28.2 Å². The van der Waals surface area contributed by atoms with Crippen LogP contribution in [0.4, 0.5) is 19.0 Å². The molecule has 1 amide bonds. The van der Waals surface area contributed by atoms with Gasteiger partial charge in [0.05, 0.1) is 24.6 Å². The number of piperidine rings is 1. The predicted molar refractivity (Wildman–Crippen MR) is 84.1 cm³/mol. The summed E-state index contributed by atoms with van der Waals surface area (Å²) in [6, 6.07) is 0. The van der Waals surface area contributed by atoms with Gasteiger partial charge in [0.15, 0.2) is 5.69 Å². The Morgan fingerprint density at radius 1 is 1.40 bits per heavy atom. The summed E-state index contributed by atoms with van der Waals surface area (Å²) in [6.07, 6.45) is -2.96. The van der Waals surface area contributed by atoms with Crippen molar-refractivity contribution in [2.24, 2.45) is 5.92 Å². The van der Waals surface area contributed by atoms with E-state index < -0.39 is 24.1 Å². The van der Waals surface area contributed by atoms with Gasteiger partial charge < -0.3 is 20.8 Å². The molecule has 7 nitrogen and oxygen atoms in total. The Bertz CT molecular complexity index is 571. The minimum absolute atomic E-state index is 0.0115. The molecule has 0 bridgehead atoms. The molecular weight excluding hydrogens is 341 g/mol. The average molecular weight is 364 g/mol. The number of β-amino-alcohol motifs (C(OH)–C–C–N with tert-alkyl or cyclic N) is 1. The maximum absolute atomic E-state index is 11.8. The summed E-state index contributed by atoms with van der Waals surface area (Å²) in [7, 11) is 0. The minimum atomic E-state index is -4.47. The van der Waals surface area contributed by atoms with Crippen molar-refractivity contribution >= 4 is 11.7 Å². The molecule has 2 rings (SSSR count). The zero-order valence-corrected chi connectivity index (χ0v) is 14.1. The van der Waals surface area contributed by atoms with Gasteiger partial charge in [-0.15, -0.1) is 0 Å². The topological polar surface area (TPSA) is 113 Å². The largest absolute Gasteiger partial charge is 0.434 e. The first-order chi connectivity index (χ1) is 11.6.